The molecule has 2 aliphatic rings. The van der Waals surface area contributed by atoms with Crippen molar-refractivity contribution in [2.45, 2.75) is 25.8 Å². The lowest BCUT2D eigenvalue weighted by molar-refractivity contribution is -0.133. The molecule has 1 aliphatic heterocycles. The van der Waals surface area contributed by atoms with E-state index in [4.69, 9.17) is 15.2 Å². The van der Waals surface area contributed by atoms with Crippen molar-refractivity contribution in [2.75, 3.05) is 56.7 Å². The minimum Gasteiger partial charge on any atom is -0.453 e. The van der Waals surface area contributed by atoms with Gasteiger partial charge in [0, 0.05) is 32.1 Å². The Bertz CT molecular complexity index is 1000. The van der Waals surface area contributed by atoms with Gasteiger partial charge in [0.2, 0.25) is 5.91 Å². The van der Waals surface area contributed by atoms with Gasteiger partial charge in [0.05, 0.1) is 31.7 Å². The third-order valence-electron chi connectivity index (χ3n) is 6.27. The highest BCUT2D eigenvalue weighted by Crippen LogP contribution is 2.34. The minimum atomic E-state index is -0.505. The molecule has 2 aromatic carbocycles. The molecular formula is C26H34N4O4. The first-order valence-corrected chi connectivity index (χ1v) is 12.0. The molecule has 34 heavy (non-hydrogen) atoms. The molecule has 0 atom stereocenters. The summed E-state index contributed by atoms with van der Waals surface area (Å²) in [5.74, 6) is 0.416. The summed E-state index contributed by atoms with van der Waals surface area (Å²) < 4.78 is 10.3. The number of anilines is 2. The van der Waals surface area contributed by atoms with Crippen LogP contribution in [0.25, 0.3) is 11.1 Å². The Morgan fingerprint density at radius 1 is 1.15 bits per heavy atom. The molecule has 182 valence electrons. The van der Waals surface area contributed by atoms with Crippen molar-refractivity contribution in [1.82, 2.24) is 4.90 Å². The zero-order valence-electron chi connectivity index (χ0n) is 19.8. The lowest BCUT2D eigenvalue weighted by Crippen LogP contribution is -2.36. The summed E-state index contributed by atoms with van der Waals surface area (Å²) in [4.78, 5) is 28.9. The summed E-state index contributed by atoms with van der Waals surface area (Å²) in [7, 11) is 1.36. The zero-order valence-corrected chi connectivity index (χ0v) is 19.8. The predicted molar refractivity (Wildman–Crippen MR) is 133 cm³/mol. The monoisotopic (exact) mass is 466 g/mol. The Morgan fingerprint density at radius 2 is 1.91 bits per heavy atom. The van der Waals surface area contributed by atoms with Crippen LogP contribution in [0.2, 0.25) is 0 Å². The topological polar surface area (TPSA) is 97.1 Å². The number of morpholine rings is 1. The normalized spacial score (nSPS) is 15.6. The lowest BCUT2D eigenvalue weighted by atomic mass is 10.0. The van der Waals surface area contributed by atoms with Crippen LogP contribution in [0, 0.1) is 5.92 Å². The first kappa shape index (κ1) is 24.0. The molecule has 3 N–H and O–H groups in total. The van der Waals surface area contributed by atoms with Crippen molar-refractivity contribution in [1.29, 1.82) is 0 Å². The van der Waals surface area contributed by atoms with E-state index in [1.807, 2.05) is 29.2 Å². The van der Waals surface area contributed by atoms with Gasteiger partial charge in [-0.15, -0.1) is 0 Å². The molecule has 4 rings (SSSR count). The van der Waals surface area contributed by atoms with Gasteiger partial charge in [0.25, 0.3) is 0 Å². The summed E-state index contributed by atoms with van der Waals surface area (Å²) >= 11 is 0. The largest absolute Gasteiger partial charge is 0.453 e. The first-order chi connectivity index (χ1) is 16.6. The number of carbonyl (C=O) groups excluding carboxylic acids is 2. The maximum absolute atomic E-state index is 12.8. The SMILES string of the molecule is COC(=O)Nc1cc(-c2cccc(CN(CCCN)C(=O)C3CC3)c2)ccc1N1CCOCC1. The Kier molecular flexibility index (Phi) is 8.03. The lowest BCUT2D eigenvalue weighted by Gasteiger charge is -2.30. The van der Waals surface area contributed by atoms with Crippen LogP contribution in [0.3, 0.4) is 0 Å². The summed E-state index contributed by atoms with van der Waals surface area (Å²) in [5, 5.41) is 2.86. The standard InChI is InChI=1S/C26H34N4O4/c1-33-26(32)28-23-17-22(8-9-24(23)29-12-14-34-15-13-29)21-5-2-4-19(16-21)18-30(11-3-10-27)25(31)20-6-7-20/h2,4-5,8-9,16-17,20H,3,6-7,10-15,18,27H2,1H3,(H,28,32). The smallest absolute Gasteiger partial charge is 0.411 e. The Hall–Kier alpha value is -3.10. The quantitative estimate of drug-likeness (QED) is 0.588. The summed E-state index contributed by atoms with van der Waals surface area (Å²) in [6.45, 7) is 4.65. The fourth-order valence-electron chi connectivity index (χ4n) is 4.26. The summed E-state index contributed by atoms with van der Waals surface area (Å²) in [6, 6.07) is 14.3. The van der Waals surface area contributed by atoms with Crippen LogP contribution < -0.4 is 16.0 Å². The van der Waals surface area contributed by atoms with Gasteiger partial charge in [-0.2, -0.15) is 0 Å². The minimum absolute atomic E-state index is 0.181. The molecule has 0 bridgehead atoms. The summed E-state index contributed by atoms with van der Waals surface area (Å²) in [5.41, 5.74) is 10.4. The van der Waals surface area contributed by atoms with E-state index < -0.39 is 6.09 Å². The second kappa shape index (κ2) is 11.4. The third kappa shape index (κ3) is 6.07. The first-order valence-electron chi connectivity index (χ1n) is 12.0. The predicted octanol–water partition coefficient (Wildman–Crippen LogP) is 3.46. The molecule has 0 radical (unpaired) electrons. The second-order valence-electron chi connectivity index (χ2n) is 8.82. The molecule has 2 amide bonds. The summed E-state index contributed by atoms with van der Waals surface area (Å²) in [6.07, 6.45) is 2.27. The van der Waals surface area contributed by atoms with Gasteiger partial charge < -0.3 is 25.0 Å². The van der Waals surface area contributed by atoms with Crippen LogP contribution in [0.15, 0.2) is 42.5 Å². The van der Waals surface area contributed by atoms with Crippen molar-refractivity contribution in [3.05, 3.63) is 48.0 Å². The number of hydrogen-bond donors (Lipinski definition) is 2. The molecule has 1 saturated carbocycles. The molecule has 8 nitrogen and oxygen atoms in total. The molecule has 0 spiro atoms. The van der Waals surface area contributed by atoms with E-state index in [9.17, 15) is 9.59 Å². The molecule has 8 heteroatoms. The average Bonchev–Trinajstić information content (AvgIpc) is 3.72. The van der Waals surface area contributed by atoms with Gasteiger partial charge in [-0.1, -0.05) is 24.3 Å². The number of ether oxygens (including phenoxy) is 2. The van der Waals surface area contributed by atoms with E-state index in [0.717, 1.165) is 54.7 Å². The molecule has 0 unspecified atom stereocenters. The number of benzene rings is 2. The van der Waals surface area contributed by atoms with Crippen LogP contribution in [0.5, 0.6) is 0 Å². The van der Waals surface area contributed by atoms with Gasteiger partial charge in [-0.25, -0.2) is 4.79 Å². The number of nitrogens with two attached hydrogens (primary N) is 1. The van der Waals surface area contributed by atoms with Crippen LogP contribution in [-0.2, 0) is 20.8 Å². The number of hydrogen-bond acceptors (Lipinski definition) is 6. The van der Waals surface area contributed by atoms with E-state index in [-0.39, 0.29) is 11.8 Å². The number of carbonyl (C=O) groups is 2. The molecule has 1 saturated heterocycles. The van der Waals surface area contributed by atoms with E-state index in [0.29, 0.717) is 38.5 Å². The highest BCUT2D eigenvalue weighted by molar-refractivity contribution is 5.91. The zero-order chi connectivity index (χ0) is 23.9. The van der Waals surface area contributed by atoms with Crippen molar-refractivity contribution >= 4 is 23.4 Å². The molecule has 1 heterocycles. The van der Waals surface area contributed by atoms with Gasteiger partial charge in [0.1, 0.15) is 0 Å². The molecule has 2 aromatic rings. The number of methoxy groups -OCH3 is 1. The van der Waals surface area contributed by atoms with Crippen molar-refractivity contribution in [3.63, 3.8) is 0 Å². The maximum atomic E-state index is 12.8. The van der Waals surface area contributed by atoms with Crippen LogP contribution in [-0.4, -0.2) is 63.4 Å². The van der Waals surface area contributed by atoms with E-state index in [1.165, 1.54) is 7.11 Å². The van der Waals surface area contributed by atoms with Crippen molar-refractivity contribution in [3.8, 4) is 11.1 Å². The average molecular weight is 467 g/mol. The Balaban J connectivity index is 1.58. The van der Waals surface area contributed by atoms with Crippen LogP contribution in [0.1, 0.15) is 24.8 Å². The number of nitrogens with one attached hydrogen (secondary N) is 1. The van der Waals surface area contributed by atoms with Crippen molar-refractivity contribution in [2.24, 2.45) is 11.7 Å². The third-order valence-corrected chi connectivity index (χ3v) is 6.27. The van der Waals surface area contributed by atoms with Gasteiger partial charge in [0.15, 0.2) is 0 Å². The number of rotatable bonds is 9. The van der Waals surface area contributed by atoms with Gasteiger partial charge in [-0.05, 0) is 60.7 Å². The molecular weight excluding hydrogens is 432 g/mol. The molecule has 0 aromatic heterocycles. The van der Waals surface area contributed by atoms with Crippen molar-refractivity contribution < 1.29 is 19.1 Å². The molecule has 2 fully saturated rings. The van der Waals surface area contributed by atoms with Crippen LogP contribution >= 0.6 is 0 Å². The fourth-order valence-corrected chi connectivity index (χ4v) is 4.26. The molecule has 1 aliphatic carbocycles. The number of amides is 2. The van der Waals surface area contributed by atoms with E-state index in [1.54, 1.807) is 0 Å². The van der Waals surface area contributed by atoms with Crippen LogP contribution in [0.4, 0.5) is 16.2 Å². The van der Waals surface area contributed by atoms with Gasteiger partial charge in [-0.3, -0.25) is 10.1 Å². The number of nitrogens with zero attached hydrogens (tertiary/aromatic N) is 2. The fraction of sp³-hybridized carbons (Fsp3) is 0.462. The highest BCUT2D eigenvalue weighted by Gasteiger charge is 2.33. The highest BCUT2D eigenvalue weighted by atomic mass is 16.5. The second-order valence-corrected chi connectivity index (χ2v) is 8.82. The van der Waals surface area contributed by atoms with E-state index in [2.05, 4.69) is 28.4 Å². The Labute approximate surface area is 201 Å². The maximum Gasteiger partial charge on any atom is 0.411 e. The Morgan fingerprint density at radius 3 is 2.62 bits per heavy atom. The van der Waals surface area contributed by atoms with Gasteiger partial charge >= 0.3 is 6.09 Å². The van der Waals surface area contributed by atoms with E-state index >= 15 is 0 Å².